The zero-order chi connectivity index (χ0) is 12.5. The quantitative estimate of drug-likeness (QED) is 0.711. The van der Waals surface area contributed by atoms with Gasteiger partial charge < -0.3 is 9.80 Å². The Kier molecular flexibility index (Phi) is 3.80. The Hall–Kier alpha value is -0.810. The average Bonchev–Trinajstić information content (AvgIpc) is 2.44. The molecule has 0 spiro atoms. The van der Waals surface area contributed by atoms with Crippen LogP contribution in [0.3, 0.4) is 0 Å². The van der Waals surface area contributed by atoms with E-state index in [1.54, 1.807) is 11.9 Å². The van der Waals surface area contributed by atoms with Crippen LogP contribution in [0.5, 0.6) is 0 Å². The lowest BCUT2D eigenvalue weighted by atomic mass is 9.90. The molecule has 1 fully saturated rings. The molecule has 16 heavy (non-hydrogen) atoms. The van der Waals surface area contributed by atoms with Crippen LogP contribution in [0, 0.1) is 5.41 Å². The first kappa shape index (κ1) is 13.3. The lowest BCUT2D eigenvalue weighted by Gasteiger charge is -2.36. The summed E-state index contributed by atoms with van der Waals surface area (Å²) in [6.07, 6.45) is -0.979. The Morgan fingerprint density at radius 3 is 2.31 bits per heavy atom. The molecule has 1 saturated heterocycles. The van der Waals surface area contributed by atoms with Crippen LogP contribution in [0.2, 0.25) is 0 Å². The van der Waals surface area contributed by atoms with Crippen molar-refractivity contribution in [2.75, 3.05) is 40.8 Å². The summed E-state index contributed by atoms with van der Waals surface area (Å²) in [6, 6.07) is -0.146. The summed E-state index contributed by atoms with van der Waals surface area (Å²) in [6.45, 7) is 5.69. The molecule has 0 aromatic rings. The molecule has 93 valence electrons. The zero-order valence-electron chi connectivity index (χ0n) is 10.9. The van der Waals surface area contributed by atoms with Gasteiger partial charge in [0.15, 0.2) is 6.23 Å². The molecule has 1 aliphatic rings. The van der Waals surface area contributed by atoms with E-state index in [1.807, 2.05) is 32.8 Å². The number of likely N-dealkylation sites (N-methyl/N-ethyl adjacent to an activating group) is 1. The molecule has 0 aromatic heterocycles. The van der Waals surface area contributed by atoms with E-state index in [2.05, 4.69) is 0 Å². The predicted molar refractivity (Wildman–Crippen MR) is 61.5 cm³/mol. The molecule has 1 radical (unpaired) electrons. The van der Waals surface area contributed by atoms with E-state index in [0.717, 1.165) is 0 Å². The first-order chi connectivity index (χ1) is 7.25. The minimum Gasteiger partial charge on any atom is -0.326 e. The lowest BCUT2D eigenvalue weighted by Crippen LogP contribution is -2.49. The molecule has 0 aromatic carbocycles. The van der Waals surface area contributed by atoms with Gasteiger partial charge in [-0.3, -0.25) is 4.90 Å². The number of carbonyl (C=O) groups excluding carboxylic acids is 1. The molecule has 1 unspecified atom stereocenters. The largest absolute Gasteiger partial charge is 0.326 e. The molecule has 0 aliphatic carbocycles. The number of hydrogen-bond donors (Lipinski definition) is 0. The molecular formula is C11H22N3O2. The zero-order valence-corrected chi connectivity index (χ0v) is 10.9. The van der Waals surface area contributed by atoms with Gasteiger partial charge in [0.1, 0.15) is 0 Å². The Labute approximate surface area is 97.6 Å². The van der Waals surface area contributed by atoms with Crippen LogP contribution in [0.15, 0.2) is 0 Å². The van der Waals surface area contributed by atoms with Gasteiger partial charge in [0.05, 0.1) is 0 Å². The molecule has 1 aliphatic heterocycles. The second-order valence-corrected chi connectivity index (χ2v) is 5.48. The molecular weight excluding hydrogens is 206 g/mol. The van der Waals surface area contributed by atoms with Gasteiger partial charge in [-0.15, -0.1) is 0 Å². The smallest absolute Gasteiger partial charge is 0.322 e. The molecule has 1 atom stereocenters. The maximum absolute atomic E-state index is 12.3. The van der Waals surface area contributed by atoms with Gasteiger partial charge in [0, 0.05) is 32.1 Å². The van der Waals surface area contributed by atoms with Crippen LogP contribution in [-0.2, 0) is 5.11 Å². The van der Waals surface area contributed by atoms with Crippen molar-refractivity contribution in [3.8, 4) is 0 Å². The van der Waals surface area contributed by atoms with Crippen LogP contribution >= 0.6 is 0 Å². The summed E-state index contributed by atoms with van der Waals surface area (Å²) in [5.74, 6) is 0. The monoisotopic (exact) mass is 228 g/mol. The van der Waals surface area contributed by atoms with Crippen LogP contribution in [-0.4, -0.2) is 67.7 Å². The standard InChI is InChI=1S/C11H22N3O2/c1-11(2,8-12(3)4)9(15)14-7-6-13(5)10(14)16/h9H,6-8H2,1-5H3. The van der Waals surface area contributed by atoms with Crippen molar-refractivity contribution in [1.29, 1.82) is 0 Å². The summed E-state index contributed by atoms with van der Waals surface area (Å²) in [5.41, 5.74) is -0.440. The van der Waals surface area contributed by atoms with Gasteiger partial charge in [-0.1, -0.05) is 13.8 Å². The van der Waals surface area contributed by atoms with Gasteiger partial charge in [0.2, 0.25) is 0 Å². The topological polar surface area (TPSA) is 46.7 Å². The highest BCUT2D eigenvalue weighted by molar-refractivity contribution is 5.76. The highest BCUT2D eigenvalue weighted by atomic mass is 16.3. The van der Waals surface area contributed by atoms with E-state index in [1.165, 1.54) is 4.90 Å². The summed E-state index contributed by atoms with van der Waals surface area (Å²) in [5, 5.41) is 12.3. The third kappa shape index (κ3) is 2.65. The molecule has 0 saturated carbocycles. The third-order valence-electron chi connectivity index (χ3n) is 2.92. The van der Waals surface area contributed by atoms with E-state index in [0.29, 0.717) is 19.6 Å². The van der Waals surface area contributed by atoms with Crippen molar-refractivity contribution in [3.63, 3.8) is 0 Å². The van der Waals surface area contributed by atoms with E-state index in [-0.39, 0.29) is 6.03 Å². The van der Waals surface area contributed by atoms with Crippen LogP contribution in [0.25, 0.3) is 0 Å². The molecule has 1 rings (SSSR count). The van der Waals surface area contributed by atoms with Crippen molar-refractivity contribution in [3.05, 3.63) is 0 Å². The summed E-state index contributed by atoms with van der Waals surface area (Å²) < 4.78 is 0. The Morgan fingerprint density at radius 2 is 1.94 bits per heavy atom. The van der Waals surface area contributed by atoms with Crippen LogP contribution in [0.1, 0.15) is 13.8 Å². The molecule has 0 bridgehead atoms. The van der Waals surface area contributed by atoms with Gasteiger partial charge in [-0.2, -0.15) is 0 Å². The number of amides is 2. The van der Waals surface area contributed by atoms with Crippen molar-refractivity contribution in [2.24, 2.45) is 5.41 Å². The minimum atomic E-state index is -0.979. The molecule has 5 nitrogen and oxygen atoms in total. The normalized spacial score (nSPS) is 19.8. The summed E-state index contributed by atoms with van der Waals surface area (Å²) in [4.78, 5) is 16.7. The van der Waals surface area contributed by atoms with Crippen LogP contribution < -0.4 is 0 Å². The highest BCUT2D eigenvalue weighted by Crippen LogP contribution is 2.27. The first-order valence-electron chi connectivity index (χ1n) is 5.58. The lowest BCUT2D eigenvalue weighted by molar-refractivity contribution is -0.0998. The molecule has 0 N–H and O–H groups in total. The molecule has 5 heteroatoms. The van der Waals surface area contributed by atoms with E-state index in [9.17, 15) is 9.90 Å². The Bertz CT molecular complexity index is 266. The SMILES string of the molecule is CN(C)CC(C)(C)C([O])N1CCN(C)C1=O. The summed E-state index contributed by atoms with van der Waals surface area (Å²) >= 11 is 0. The Morgan fingerprint density at radius 1 is 1.38 bits per heavy atom. The predicted octanol–water partition coefficient (Wildman–Crippen LogP) is 0.698. The maximum atomic E-state index is 12.3. The van der Waals surface area contributed by atoms with Crippen molar-refractivity contribution in [2.45, 2.75) is 20.1 Å². The maximum Gasteiger partial charge on any atom is 0.322 e. The van der Waals surface area contributed by atoms with E-state index >= 15 is 0 Å². The Balaban J connectivity index is 2.70. The van der Waals surface area contributed by atoms with E-state index < -0.39 is 11.6 Å². The fraction of sp³-hybridized carbons (Fsp3) is 0.909. The minimum absolute atomic E-state index is 0.146. The number of hydrogen-bond acceptors (Lipinski definition) is 2. The first-order valence-corrected chi connectivity index (χ1v) is 5.58. The van der Waals surface area contributed by atoms with Gasteiger partial charge in [-0.05, 0) is 14.1 Å². The molecule has 2 amide bonds. The fourth-order valence-corrected chi connectivity index (χ4v) is 2.20. The van der Waals surface area contributed by atoms with Gasteiger partial charge >= 0.3 is 6.03 Å². The van der Waals surface area contributed by atoms with Gasteiger partial charge in [0.25, 0.3) is 0 Å². The van der Waals surface area contributed by atoms with Crippen LogP contribution in [0.4, 0.5) is 4.79 Å². The second-order valence-electron chi connectivity index (χ2n) is 5.48. The number of rotatable bonds is 4. The number of carbonyl (C=O) groups is 1. The molecule has 1 heterocycles. The fourth-order valence-electron chi connectivity index (χ4n) is 2.20. The van der Waals surface area contributed by atoms with Crippen molar-refractivity contribution >= 4 is 6.03 Å². The third-order valence-corrected chi connectivity index (χ3v) is 2.92. The van der Waals surface area contributed by atoms with Crippen molar-refractivity contribution in [1.82, 2.24) is 14.7 Å². The highest BCUT2D eigenvalue weighted by Gasteiger charge is 2.40. The number of urea groups is 1. The van der Waals surface area contributed by atoms with E-state index in [4.69, 9.17) is 0 Å². The second kappa shape index (κ2) is 4.59. The average molecular weight is 228 g/mol. The van der Waals surface area contributed by atoms with Crippen molar-refractivity contribution < 1.29 is 9.90 Å². The summed E-state index contributed by atoms with van der Waals surface area (Å²) in [7, 11) is 5.60. The van der Waals surface area contributed by atoms with Gasteiger partial charge in [-0.25, -0.2) is 9.90 Å². The number of nitrogens with zero attached hydrogens (tertiary/aromatic N) is 3.